The highest BCUT2D eigenvalue weighted by atomic mass is 16.2. The Kier molecular flexibility index (Phi) is 4.79. The van der Waals surface area contributed by atoms with E-state index in [1.807, 2.05) is 33.2 Å². The summed E-state index contributed by atoms with van der Waals surface area (Å²) in [7, 11) is 0. The molecule has 0 saturated carbocycles. The molecule has 0 spiro atoms. The summed E-state index contributed by atoms with van der Waals surface area (Å²) in [5.74, 6) is 1.27. The zero-order valence-corrected chi connectivity index (χ0v) is 18.3. The van der Waals surface area contributed by atoms with Gasteiger partial charge in [0.2, 0.25) is 5.91 Å². The third-order valence-electron chi connectivity index (χ3n) is 6.99. The number of nitrogens with one attached hydrogen (secondary N) is 1. The third-order valence-corrected chi connectivity index (χ3v) is 6.99. The van der Waals surface area contributed by atoms with Crippen LogP contribution in [0.15, 0.2) is 29.3 Å². The van der Waals surface area contributed by atoms with Crippen molar-refractivity contribution >= 4 is 5.91 Å². The number of aromatic amines is 1. The summed E-state index contributed by atoms with van der Waals surface area (Å²) in [5, 5.41) is 4.55. The van der Waals surface area contributed by atoms with Crippen LogP contribution in [0.25, 0.3) is 11.4 Å². The van der Waals surface area contributed by atoms with E-state index >= 15 is 0 Å². The monoisotopic (exact) mass is 420 g/mol. The number of aromatic nitrogens is 5. The van der Waals surface area contributed by atoms with E-state index in [0.717, 1.165) is 23.5 Å². The van der Waals surface area contributed by atoms with Crippen molar-refractivity contribution in [1.82, 2.24) is 29.2 Å². The van der Waals surface area contributed by atoms with E-state index < -0.39 is 0 Å². The van der Waals surface area contributed by atoms with Gasteiger partial charge < -0.3 is 14.5 Å². The van der Waals surface area contributed by atoms with E-state index in [2.05, 4.69) is 28.9 Å². The van der Waals surface area contributed by atoms with E-state index in [0.29, 0.717) is 49.9 Å². The van der Waals surface area contributed by atoms with Crippen molar-refractivity contribution in [2.75, 3.05) is 13.1 Å². The molecule has 0 unspecified atom stereocenters. The Labute approximate surface area is 180 Å². The number of hydrogen-bond donors (Lipinski definition) is 1. The zero-order valence-electron chi connectivity index (χ0n) is 18.3. The van der Waals surface area contributed by atoms with E-state index in [9.17, 15) is 9.59 Å². The predicted molar refractivity (Wildman–Crippen MR) is 117 cm³/mol. The van der Waals surface area contributed by atoms with Crippen LogP contribution in [0, 0.1) is 26.7 Å². The lowest BCUT2D eigenvalue weighted by molar-refractivity contribution is -0.134. The lowest BCUT2D eigenvalue weighted by Crippen LogP contribution is -2.49. The van der Waals surface area contributed by atoms with E-state index in [4.69, 9.17) is 0 Å². The first kappa shape index (κ1) is 19.8. The van der Waals surface area contributed by atoms with Gasteiger partial charge >= 0.3 is 0 Å². The molecule has 2 atom stereocenters. The maximum absolute atomic E-state index is 13.1. The molecule has 1 amide bonds. The van der Waals surface area contributed by atoms with Gasteiger partial charge in [-0.05, 0) is 50.8 Å². The van der Waals surface area contributed by atoms with Gasteiger partial charge in [0, 0.05) is 62.3 Å². The summed E-state index contributed by atoms with van der Waals surface area (Å²) in [5.41, 5.74) is 4.97. The highest BCUT2D eigenvalue weighted by molar-refractivity contribution is 5.76. The fraction of sp³-hybridized carbons (Fsp3) is 0.478. The fourth-order valence-electron chi connectivity index (χ4n) is 5.11. The first-order valence-corrected chi connectivity index (χ1v) is 10.9. The van der Waals surface area contributed by atoms with E-state index in [-0.39, 0.29) is 17.4 Å². The molecule has 5 rings (SSSR count). The smallest absolute Gasteiger partial charge is 0.261 e. The topological polar surface area (TPSA) is 88.8 Å². The molecular formula is C23H28N6O2. The Morgan fingerprint density at radius 3 is 2.74 bits per heavy atom. The number of likely N-dealkylation sites (tertiary alicyclic amines) is 1. The van der Waals surface area contributed by atoms with E-state index in [1.165, 1.54) is 5.56 Å². The molecular weight excluding hydrogens is 392 g/mol. The van der Waals surface area contributed by atoms with Crippen LogP contribution in [0.5, 0.6) is 0 Å². The van der Waals surface area contributed by atoms with Crippen LogP contribution in [-0.4, -0.2) is 48.2 Å². The Hall–Kier alpha value is -3.16. The minimum absolute atomic E-state index is 0.00169. The predicted octanol–water partition coefficient (Wildman–Crippen LogP) is 2.40. The van der Waals surface area contributed by atoms with Crippen molar-refractivity contribution in [3.05, 3.63) is 57.5 Å². The SMILES string of the molecule is Cc1nn(CCC(=O)N2C[C@@H]3C[C@H](C2)c2ccc(-c4ncc[nH]4)c(=O)n2C3)c(C)c1C. The van der Waals surface area contributed by atoms with Crippen molar-refractivity contribution in [3.63, 3.8) is 0 Å². The molecule has 1 N–H and O–H groups in total. The Morgan fingerprint density at radius 1 is 1.19 bits per heavy atom. The zero-order chi connectivity index (χ0) is 21.7. The van der Waals surface area contributed by atoms with Gasteiger partial charge in [-0.1, -0.05) is 0 Å². The van der Waals surface area contributed by atoms with E-state index in [1.54, 1.807) is 12.4 Å². The largest absolute Gasteiger partial charge is 0.344 e. The molecule has 162 valence electrons. The number of H-pyrrole nitrogens is 1. The Bertz CT molecular complexity index is 1190. The van der Waals surface area contributed by atoms with Gasteiger partial charge in [-0.25, -0.2) is 4.98 Å². The van der Waals surface area contributed by atoms with Crippen LogP contribution in [0.3, 0.4) is 0 Å². The van der Waals surface area contributed by atoms with Crippen LogP contribution in [0.4, 0.5) is 0 Å². The van der Waals surface area contributed by atoms with Crippen LogP contribution in [0.2, 0.25) is 0 Å². The first-order valence-electron chi connectivity index (χ1n) is 10.9. The first-order chi connectivity index (χ1) is 14.9. The van der Waals surface area contributed by atoms with Crippen molar-refractivity contribution in [2.24, 2.45) is 5.92 Å². The third kappa shape index (κ3) is 3.40. The number of nitrogens with zero attached hydrogens (tertiary/aromatic N) is 5. The van der Waals surface area contributed by atoms with Crippen LogP contribution in [-0.2, 0) is 17.9 Å². The second-order valence-electron chi connectivity index (χ2n) is 8.89. The number of hydrogen-bond acceptors (Lipinski definition) is 4. The summed E-state index contributed by atoms with van der Waals surface area (Å²) in [6.45, 7) is 8.76. The highest BCUT2D eigenvalue weighted by Crippen LogP contribution is 2.35. The molecule has 8 nitrogen and oxygen atoms in total. The number of carbonyl (C=O) groups excluding carboxylic acids is 1. The minimum Gasteiger partial charge on any atom is -0.344 e. The van der Waals surface area contributed by atoms with Crippen molar-refractivity contribution in [1.29, 1.82) is 0 Å². The van der Waals surface area contributed by atoms with Gasteiger partial charge in [0.05, 0.1) is 11.3 Å². The van der Waals surface area contributed by atoms with Crippen LogP contribution < -0.4 is 5.56 Å². The average Bonchev–Trinajstić information content (AvgIpc) is 3.37. The molecule has 5 heterocycles. The number of carbonyl (C=O) groups is 1. The lowest BCUT2D eigenvalue weighted by atomic mass is 9.83. The standard InChI is InChI=1S/C23H28N6O2/c1-14-15(2)26-29(16(14)3)9-6-21(30)27-11-17-10-18(13-27)20-5-4-19(22-24-7-8-25-22)23(31)28(20)12-17/h4-5,7-8,17-18H,6,9-13H2,1-3H3,(H,24,25)/t17-,18+/m0/s1. The minimum atomic E-state index is 0.00169. The summed E-state index contributed by atoms with van der Waals surface area (Å²) in [4.78, 5) is 35.3. The summed E-state index contributed by atoms with van der Waals surface area (Å²) < 4.78 is 3.84. The molecule has 2 aliphatic heterocycles. The van der Waals surface area contributed by atoms with Gasteiger partial charge in [-0.2, -0.15) is 5.10 Å². The second-order valence-corrected chi connectivity index (χ2v) is 8.89. The van der Waals surface area contributed by atoms with Gasteiger partial charge in [0.25, 0.3) is 5.56 Å². The van der Waals surface area contributed by atoms with Crippen molar-refractivity contribution in [3.8, 4) is 11.4 Å². The molecule has 1 fully saturated rings. The summed E-state index contributed by atoms with van der Waals surface area (Å²) in [6.07, 6.45) is 4.86. The number of pyridine rings is 1. The summed E-state index contributed by atoms with van der Waals surface area (Å²) >= 11 is 0. The molecule has 3 aromatic rings. The quantitative estimate of drug-likeness (QED) is 0.702. The molecule has 8 heteroatoms. The number of rotatable bonds is 4. The second kappa shape index (κ2) is 7.51. The normalized spacial score (nSPS) is 20.0. The highest BCUT2D eigenvalue weighted by Gasteiger charge is 2.36. The molecule has 0 radical (unpaired) electrons. The van der Waals surface area contributed by atoms with Gasteiger partial charge in [0.15, 0.2) is 0 Å². The van der Waals surface area contributed by atoms with Crippen molar-refractivity contribution < 1.29 is 4.79 Å². The Morgan fingerprint density at radius 2 is 2.03 bits per heavy atom. The number of fused-ring (bicyclic) bond motifs is 4. The number of amides is 1. The molecule has 0 aliphatic carbocycles. The van der Waals surface area contributed by atoms with Gasteiger partial charge in [0.1, 0.15) is 5.82 Å². The Balaban J connectivity index is 1.32. The van der Waals surface area contributed by atoms with Crippen LogP contribution >= 0.6 is 0 Å². The maximum atomic E-state index is 13.1. The number of imidazole rings is 1. The molecule has 2 aliphatic rings. The maximum Gasteiger partial charge on any atom is 0.261 e. The fourth-order valence-corrected chi connectivity index (χ4v) is 5.11. The van der Waals surface area contributed by atoms with Crippen LogP contribution in [0.1, 0.15) is 41.4 Å². The number of aryl methyl sites for hydroxylation is 2. The van der Waals surface area contributed by atoms with Crippen molar-refractivity contribution in [2.45, 2.75) is 52.6 Å². The molecule has 0 aromatic carbocycles. The molecule has 3 aromatic heterocycles. The molecule has 2 bridgehead atoms. The molecule has 31 heavy (non-hydrogen) atoms. The average molecular weight is 421 g/mol. The molecule has 1 saturated heterocycles. The lowest BCUT2D eigenvalue weighted by Gasteiger charge is -2.43. The van der Waals surface area contributed by atoms with Gasteiger partial charge in [-0.15, -0.1) is 0 Å². The summed E-state index contributed by atoms with van der Waals surface area (Å²) in [6, 6.07) is 3.89. The van der Waals surface area contributed by atoms with Gasteiger partial charge in [-0.3, -0.25) is 14.3 Å². The number of piperidine rings is 1.